The minimum atomic E-state index is -0.575. The molecular weight excluding hydrogens is 370 g/mol. The summed E-state index contributed by atoms with van der Waals surface area (Å²) in [6.45, 7) is 0.200. The number of nitro benzene ring substituents is 1. The van der Waals surface area contributed by atoms with Gasteiger partial charge < -0.3 is 9.88 Å². The van der Waals surface area contributed by atoms with E-state index in [1.165, 1.54) is 41.1 Å². The van der Waals surface area contributed by atoms with Gasteiger partial charge in [-0.1, -0.05) is 41.9 Å². The van der Waals surface area contributed by atoms with Gasteiger partial charge in [-0.2, -0.15) is 0 Å². The Labute approximate surface area is 159 Å². The molecule has 1 amide bonds. The van der Waals surface area contributed by atoms with Crippen molar-refractivity contribution < 1.29 is 9.72 Å². The van der Waals surface area contributed by atoms with Crippen LogP contribution in [0.3, 0.4) is 0 Å². The lowest BCUT2D eigenvalue weighted by molar-refractivity contribution is -0.383. The van der Waals surface area contributed by atoms with Crippen LogP contribution in [0.1, 0.15) is 15.9 Å². The Morgan fingerprint density at radius 2 is 1.78 bits per heavy atom. The Morgan fingerprint density at radius 3 is 2.52 bits per heavy atom. The Kier molecular flexibility index (Phi) is 5.33. The Morgan fingerprint density at radius 1 is 1.07 bits per heavy atom. The van der Waals surface area contributed by atoms with Crippen LogP contribution >= 0.6 is 11.6 Å². The number of hydrogen-bond donors (Lipinski definition) is 1. The molecule has 0 aliphatic heterocycles. The van der Waals surface area contributed by atoms with Gasteiger partial charge in [0.25, 0.3) is 17.2 Å². The first-order chi connectivity index (χ1) is 13.0. The molecule has 8 heteroatoms. The van der Waals surface area contributed by atoms with Crippen LogP contribution < -0.4 is 10.9 Å². The van der Waals surface area contributed by atoms with E-state index >= 15 is 0 Å². The van der Waals surface area contributed by atoms with Crippen molar-refractivity contribution in [1.82, 2.24) is 4.57 Å². The molecule has 0 aliphatic rings. The summed E-state index contributed by atoms with van der Waals surface area (Å²) in [6.07, 6.45) is 1.40. The minimum absolute atomic E-state index is 0.0800. The molecule has 0 aliphatic carbocycles. The van der Waals surface area contributed by atoms with Gasteiger partial charge in [0.2, 0.25) is 0 Å². The van der Waals surface area contributed by atoms with Crippen LogP contribution in [0.5, 0.6) is 0 Å². The van der Waals surface area contributed by atoms with Gasteiger partial charge in [0.1, 0.15) is 5.69 Å². The van der Waals surface area contributed by atoms with E-state index in [1.54, 1.807) is 30.3 Å². The second-order valence-corrected chi connectivity index (χ2v) is 6.11. The molecule has 136 valence electrons. The third-order valence-electron chi connectivity index (χ3n) is 3.89. The van der Waals surface area contributed by atoms with Gasteiger partial charge in [0.05, 0.1) is 17.0 Å². The number of benzene rings is 2. The molecule has 7 nitrogen and oxygen atoms in total. The van der Waals surface area contributed by atoms with Gasteiger partial charge in [0.15, 0.2) is 0 Å². The monoisotopic (exact) mass is 383 g/mol. The number of pyridine rings is 1. The van der Waals surface area contributed by atoms with E-state index in [1.807, 2.05) is 0 Å². The smallest absolute Gasteiger partial charge is 0.292 e. The van der Waals surface area contributed by atoms with Gasteiger partial charge in [-0.15, -0.1) is 0 Å². The highest BCUT2D eigenvalue weighted by Gasteiger charge is 2.16. The average Bonchev–Trinajstić information content (AvgIpc) is 2.65. The van der Waals surface area contributed by atoms with E-state index < -0.39 is 10.8 Å². The van der Waals surface area contributed by atoms with E-state index in [0.717, 1.165) is 5.56 Å². The number of nitro groups is 1. The predicted octanol–water partition coefficient (Wildman–Crippen LogP) is 3.71. The zero-order valence-corrected chi connectivity index (χ0v) is 14.7. The summed E-state index contributed by atoms with van der Waals surface area (Å²) in [4.78, 5) is 35.1. The van der Waals surface area contributed by atoms with E-state index in [9.17, 15) is 19.7 Å². The van der Waals surface area contributed by atoms with Crippen LogP contribution in [-0.4, -0.2) is 15.4 Å². The first-order valence-corrected chi connectivity index (χ1v) is 8.32. The van der Waals surface area contributed by atoms with Gasteiger partial charge in [-0.3, -0.25) is 19.7 Å². The molecule has 0 saturated heterocycles. The molecule has 0 atom stereocenters. The van der Waals surface area contributed by atoms with Crippen molar-refractivity contribution in [3.8, 4) is 0 Å². The molecule has 3 aromatic rings. The number of amides is 1. The van der Waals surface area contributed by atoms with Gasteiger partial charge in [0, 0.05) is 23.4 Å². The number of nitrogens with zero attached hydrogens (tertiary/aromatic N) is 2. The Bertz CT molecular complexity index is 1080. The van der Waals surface area contributed by atoms with Gasteiger partial charge in [-0.25, -0.2) is 0 Å². The van der Waals surface area contributed by atoms with Crippen molar-refractivity contribution in [2.45, 2.75) is 6.54 Å². The number of carbonyl (C=O) groups excluding carboxylic acids is 1. The van der Waals surface area contributed by atoms with Gasteiger partial charge >= 0.3 is 0 Å². The molecule has 1 N–H and O–H groups in total. The first kappa shape index (κ1) is 18.3. The number of aromatic nitrogens is 1. The number of anilines is 1. The molecule has 0 saturated carbocycles. The van der Waals surface area contributed by atoms with Crippen molar-refractivity contribution in [1.29, 1.82) is 0 Å². The second kappa shape index (κ2) is 7.84. The highest BCUT2D eigenvalue weighted by Crippen LogP contribution is 2.23. The maximum Gasteiger partial charge on any atom is 0.292 e. The lowest BCUT2D eigenvalue weighted by Gasteiger charge is -2.10. The number of halogens is 1. The predicted molar refractivity (Wildman–Crippen MR) is 102 cm³/mol. The topological polar surface area (TPSA) is 94.2 Å². The van der Waals surface area contributed by atoms with Crippen molar-refractivity contribution in [3.05, 3.63) is 103 Å². The minimum Gasteiger partial charge on any atom is -0.316 e. The first-order valence-electron chi connectivity index (χ1n) is 7.94. The van der Waals surface area contributed by atoms with Crippen molar-refractivity contribution in [3.63, 3.8) is 0 Å². The fourth-order valence-electron chi connectivity index (χ4n) is 2.53. The van der Waals surface area contributed by atoms with Gasteiger partial charge in [-0.05, 0) is 23.8 Å². The zero-order chi connectivity index (χ0) is 19.4. The molecule has 3 rings (SSSR count). The molecular formula is C19H14ClN3O4. The molecule has 1 heterocycles. The summed E-state index contributed by atoms with van der Waals surface area (Å²) in [5.41, 5.74) is 0.501. The molecule has 1 aromatic heterocycles. The molecule has 0 unspecified atom stereocenters. The SMILES string of the molecule is O=C(Nc1ccccc1[N+](=O)[O-])c1ccc(=O)n(Cc2ccccc2Cl)c1. The van der Waals surface area contributed by atoms with E-state index in [4.69, 9.17) is 11.6 Å². The summed E-state index contributed by atoms with van der Waals surface area (Å²) >= 11 is 6.12. The molecule has 2 aromatic carbocycles. The fourth-order valence-corrected chi connectivity index (χ4v) is 2.73. The summed E-state index contributed by atoms with van der Waals surface area (Å²) in [5, 5.41) is 14.1. The van der Waals surface area contributed by atoms with E-state index in [0.29, 0.717) is 5.02 Å². The van der Waals surface area contributed by atoms with Crippen LogP contribution in [0.2, 0.25) is 5.02 Å². The van der Waals surface area contributed by atoms with Crippen LogP contribution in [-0.2, 0) is 6.54 Å². The maximum absolute atomic E-state index is 12.5. The number of carbonyl (C=O) groups is 1. The second-order valence-electron chi connectivity index (χ2n) is 5.70. The van der Waals surface area contributed by atoms with Crippen molar-refractivity contribution in [2.24, 2.45) is 0 Å². The fraction of sp³-hybridized carbons (Fsp3) is 0.0526. The third-order valence-corrected chi connectivity index (χ3v) is 4.26. The molecule has 0 radical (unpaired) electrons. The van der Waals surface area contributed by atoms with Crippen LogP contribution in [0.25, 0.3) is 0 Å². The molecule has 0 fully saturated rings. The standard InChI is InChI=1S/C19H14ClN3O4/c20-15-6-2-1-5-13(15)11-22-12-14(9-10-18(22)24)19(25)21-16-7-3-4-8-17(16)23(26)27/h1-10,12H,11H2,(H,21,25). The summed E-state index contributed by atoms with van der Waals surface area (Å²) in [6, 6.07) is 15.6. The number of para-hydroxylation sites is 2. The van der Waals surface area contributed by atoms with E-state index in [-0.39, 0.29) is 29.0 Å². The number of nitrogens with one attached hydrogen (secondary N) is 1. The van der Waals surface area contributed by atoms with Crippen molar-refractivity contribution >= 4 is 28.9 Å². The molecule has 0 spiro atoms. The highest BCUT2D eigenvalue weighted by molar-refractivity contribution is 6.31. The normalized spacial score (nSPS) is 10.4. The Hall–Kier alpha value is -3.45. The Balaban J connectivity index is 1.88. The maximum atomic E-state index is 12.5. The average molecular weight is 384 g/mol. The van der Waals surface area contributed by atoms with E-state index in [2.05, 4.69) is 5.32 Å². The highest BCUT2D eigenvalue weighted by atomic mass is 35.5. The number of hydrogen-bond acceptors (Lipinski definition) is 4. The lowest BCUT2D eigenvalue weighted by Crippen LogP contribution is -2.22. The molecule has 27 heavy (non-hydrogen) atoms. The van der Waals surface area contributed by atoms with Crippen molar-refractivity contribution in [2.75, 3.05) is 5.32 Å². The summed E-state index contributed by atoms with van der Waals surface area (Å²) in [5.74, 6) is -0.558. The largest absolute Gasteiger partial charge is 0.316 e. The lowest BCUT2D eigenvalue weighted by atomic mass is 10.2. The zero-order valence-electron chi connectivity index (χ0n) is 14.0. The quantitative estimate of drug-likeness (QED) is 0.536. The van der Waals surface area contributed by atoms with Crippen LogP contribution in [0, 0.1) is 10.1 Å². The molecule has 0 bridgehead atoms. The third kappa shape index (κ3) is 4.21. The van der Waals surface area contributed by atoms with Crippen LogP contribution in [0.15, 0.2) is 71.7 Å². The van der Waals surface area contributed by atoms with Crippen LogP contribution in [0.4, 0.5) is 11.4 Å². The number of rotatable bonds is 5. The summed E-state index contributed by atoms with van der Waals surface area (Å²) in [7, 11) is 0. The summed E-state index contributed by atoms with van der Waals surface area (Å²) < 4.78 is 1.36.